The molecule has 5 rings (SSSR count). The minimum atomic E-state index is -1.41. The fourth-order valence-electron chi connectivity index (χ4n) is 4.11. The Hall–Kier alpha value is -3.41. The van der Waals surface area contributed by atoms with E-state index in [0.29, 0.717) is 58.3 Å². The maximum Gasteiger partial charge on any atom is 0.263 e. The Bertz CT molecular complexity index is 1410. The number of thiocarbonyl (C=S) groups is 1. The minimum absolute atomic E-state index is 0.234. The van der Waals surface area contributed by atoms with Crippen LogP contribution in [-0.2, 0) is 9.59 Å². The molecule has 0 radical (unpaired) electrons. The van der Waals surface area contributed by atoms with Gasteiger partial charge in [0.15, 0.2) is 5.82 Å². The Morgan fingerprint density at radius 1 is 1.06 bits per heavy atom. The van der Waals surface area contributed by atoms with Crippen molar-refractivity contribution in [1.82, 2.24) is 25.2 Å². The second-order valence-corrected chi connectivity index (χ2v) is 10.7. The Kier molecular flexibility index (Phi) is 6.45. The topological polar surface area (TPSA) is 112 Å². The maximum atomic E-state index is 12.5. The number of thioether (sulfide) groups is 1. The monoisotopic (exact) mass is 520 g/mol. The van der Waals surface area contributed by atoms with Crippen molar-refractivity contribution in [2.24, 2.45) is 0 Å². The van der Waals surface area contributed by atoms with Crippen molar-refractivity contribution in [2.75, 3.05) is 31.1 Å². The lowest BCUT2D eigenvalue weighted by Crippen LogP contribution is -2.54. The first-order valence-corrected chi connectivity index (χ1v) is 12.7. The molecule has 2 saturated heterocycles. The van der Waals surface area contributed by atoms with E-state index in [1.54, 1.807) is 11.0 Å². The van der Waals surface area contributed by atoms with Gasteiger partial charge in [0.25, 0.3) is 11.8 Å². The number of aliphatic hydroxyl groups is 1. The van der Waals surface area contributed by atoms with Gasteiger partial charge >= 0.3 is 0 Å². The predicted octanol–water partition coefficient (Wildman–Crippen LogP) is 2.60. The first-order valence-electron chi connectivity index (χ1n) is 11.4. The number of pyridine rings is 1. The summed E-state index contributed by atoms with van der Waals surface area (Å²) >= 11 is 6.29. The van der Waals surface area contributed by atoms with Gasteiger partial charge in [0, 0.05) is 26.2 Å². The van der Waals surface area contributed by atoms with Crippen LogP contribution in [0.2, 0.25) is 0 Å². The van der Waals surface area contributed by atoms with Gasteiger partial charge in [0.05, 0.1) is 27.3 Å². The molecule has 2 aliphatic rings. The summed E-state index contributed by atoms with van der Waals surface area (Å²) in [5, 5.41) is 12.7. The van der Waals surface area contributed by atoms with E-state index in [4.69, 9.17) is 27.2 Å². The molecule has 184 valence electrons. The number of carbonyl (C=O) groups excluding carboxylic acids is 2. The number of carbonyl (C=O) groups is 2. The first kappa shape index (κ1) is 24.3. The molecule has 0 spiro atoms. The van der Waals surface area contributed by atoms with Gasteiger partial charge < -0.3 is 20.2 Å². The zero-order valence-corrected chi connectivity index (χ0v) is 21.4. The van der Waals surface area contributed by atoms with Crippen LogP contribution in [0.25, 0.3) is 28.5 Å². The number of nitrogens with zero attached hydrogens (tertiary/aromatic N) is 5. The Morgan fingerprint density at radius 3 is 2.39 bits per heavy atom. The summed E-state index contributed by atoms with van der Waals surface area (Å²) in [5.74, 6) is 0.153. The lowest BCUT2D eigenvalue weighted by Gasteiger charge is -2.38. The van der Waals surface area contributed by atoms with E-state index in [-0.39, 0.29) is 11.8 Å². The summed E-state index contributed by atoms with van der Waals surface area (Å²) in [4.78, 5) is 43.5. The van der Waals surface area contributed by atoms with Crippen LogP contribution >= 0.6 is 24.0 Å². The van der Waals surface area contributed by atoms with E-state index in [1.807, 2.05) is 42.5 Å². The van der Waals surface area contributed by atoms with Gasteiger partial charge in [0.2, 0.25) is 0 Å². The van der Waals surface area contributed by atoms with Crippen molar-refractivity contribution < 1.29 is 14.7 Å². The highest BCUT2D eigenvalue weighted by atomic mass is 32.2. The third-order valence-electron chi connectivity index (χ3n) is 5.88. The lowest BCUT2D eigenvalue weighted by atomic mass is 10.1. The predicted molar refractivity (Wildman–Crippen MR) is 144 cm³/mol. The molecule has 36 heavy (non-hydrogen) atoms. The molecular formula is C25H24N6O3S2. The van der Waals surface area contributed by atoms with Crippen molar-refractivity contribution in [3.8, 4) is 11.4 Å². The second-order valence-electron chi connectivity index (χ2n) is 9.02. The molecule has 2 aromatic heterocycles. The zero-order valence-electron chi connectivity index (χ0n) is 19.8. The average molecular weight is 521 g/mol. The fourth-order valence-corrected chi connectivity index (χ4v) is 5.14. The molecule has 0 unspecified atom stereocenters. The number of aromatic nitrogens is 3. The van der Waals surface area contributed by atoms with E-state index in [9.17, 15) is 14.7 Å². The molecule has 2 fully saturated rings. The molecule has 11 heteroatoms. The Morgan fingerprint density at radius 2 is 1.75 bits per heavy atom. The molecule has 4 heterocycles. The summed E-state index contributed by atoms with van der Waals surface area (Å²) in [6.45, 7) is 5.01. The quantitative estimate of drug-likeness (QED) is 0.396. The number of anilines is 1. The number of fused-ring (bicyclic) bond motifs is 1. The molecule has 3 aromatic rings. The van der Waals surface area contributed by atoms with Crippen LogP contribution in [-0.4, -0.2) is 72.9 Å². The molecule has 0 bridgehead atoms. The van der Waals surface area contributed by atoms with Crippen molar-refractivity contribution in [3.05, 3.63) is 53.1 Å². The van der Waals surface area contributed by atoms with Crippen molar-refractivity contribution in [3.63, 3.8) is 0 Å². The smallest absolute Gasteiger partial charge is 0.263 e. The van der Waals surface area contributed by atoms with Gasteiger partial charge in [-0.25, -0.2) is 15.0 Å². The molecule has 0 atom stereocenters. The largest absolute Gasteiger partial charge is 0.381 e. The number of hydrogen-bond donors (Lipinski definition) is 2. The highest BCUT2D eigenvalue weighted by Gasteiger charge is 2.32. The van der Waals surface area contributed by atoms with Crippen molar-refractivity contribution >= 4 is 63.0 Å². The van der Waals surface area contributed by atoms with Crippen LogP contribution in [0.4, 0.5) is 5.82 Å². The number of benzene rings is 1. The van der Waals surface area contributed by atoms with Crippen LogP contribution in [0.3, 0.4) is 0 Å². The summed E-state index contributed by atoms with van der Waals surface area (Å²) < 4.78 is 0.423. The van der Waals surface area contributed by atoms with Crippen LogP contribution in [0.15, 0.2) is 47.4 Å². The van der Waals surface area contributed by atoms with Crippen LogP contribution in [0, 0.1) is 0 Å². The molecular weight excluding hydrogens is 496 g/mol. The number of rotatable bonds is 4. The van der Waals surface area contributed by atoms with Gasteiger partial charge in [-0.2, -0.15) is 0 Å². The minimum Gasteiger partial charge on any atom is -0.381 e. The zero-order chi connectivity index (χ0) is 25.4. The van der Waals surface area contributed by atoms with Crippen LogP contribution in [0.5, 0.6) is 0 Å². The second kappa shape index (κ2) is 9.57. The third kappa shape index (κ3) is 4.95. The van der Waals surface area contributed by atoms with E-state index in [1.165, 1.54) is 25.6 Å². The fraction of sp³-hybridized carbons (Fsp3) is 0.280. The van der Waals surface area contributed by atoms with Crippen LogP contribution < -0.4 is 10.2 Å². The first-order chi connectivity index (χ1) is 17.2. The number of amides is 2. The Balaban J connectivity index is 1.50. The van der Waals surface area contributed by atoms with Crippen molar-refractivity contribution in [2.45, 2.75) is 19.4 Å². The van der Waals surface area contributed by atoms with E-state index >= 15 is 0 Å². The van der Waals surface area contributed by atoms with E-state index in [2.05, 4.69) is 10.2 Å². The number of para-hydroxylation sites is 2. The van der Waals surface area contributed by atoms with Gasteiger partial charge in [-0.05, 0) is 44.2 Å². The van der Waals surface area contributed by atoms with Crippen LogP contribution in [0.1, 0.15) is 19.5 Å². The molecule has 0 saturated carbocycles. The summed E-state index contributed by atoms with van der Waals surface area (Å²) in [6, 6.07) is 13.2. The maximum absolute atomic E-state index is 12.5. The highest BCUT2D eigenvalue weighted by Crippen LogP contribution is 2.31. The van der Waals surface area contributed by atoms with Crippen molar-refractivity contribution in [1.29, 1.82) is 0 Å². The average Bonchev–Trinajstić information content (AvgIpc) is 3.18. The molecule has 1 aromatic carbocycles. The molecule has 0 aliphatic carbocycles. The van der Waals surface area contributed by atoms with E-state index in [0.717, 1.165) is 11.0 Å². The SMILES string of the molecule is CC(C)(O)C(=O)N1CCN(c2nc3ccccc3nc2-c2cccc(/C=C3\SC(=S)NC3=O)n2)CC1. The molecule has 2 N–H and O–H groups in total. The lowest BCUT2D eigenvalue weighted by molar-refractivity contribution is -0.148. The normalized spacial score (nSPS) is 17.7. The highest BCUT2D eigenvalue weighted by molar-refractivity contribution is 8.26. The van der Waals surface area contributed by atoms with Gasteiger partial charge in [-0.1, -0.05) is 42.2 Å². The summed E-state index contributed by atoms with van der Waals surface area (Å²) in [7, 11) is 0. The third-order valence-corrected chi connectivity index (χ3v) is 7.04. The Labute approximate surface area is 217 Å². The molecule has 9 nitrogen and oxygen atoms in total. The molecule has 2 aliphatic heterocycles. The molecule has 2 amide bonds. The number of piperazine rings is 1. The van der Waals surface area contributed by atoms with Gasteiger partial charge in [0.1, 0.15) is 15.6 Å². The summed E-state index contributed by atoms with van der Waals surface area (Å²) in [6.07, 6.45) is 1.71. The summed E-state index contributed by atoms with van der Waals surface area (Å²) in [5.41, 5.74) is 1.95. The number of nitrogens with one attached hydrogen (secondary N) is 1. The van der Waals surface area contributed by atoms with E-state index < -0.39 is 5.60 Å². The van der Waals surface area contributed by atoms with Gasteiger partial charge in [-0.3, -0.25) is 9.59 Å². The standard InChI is InChI=1S/C25H24N6O3S2/c1-25(2,34)23(33)31-12-10-30(11-13-31)21-20(27-16-7-3-4-8-17(16)28-21)18-9-5-6-15(26-18)14-19-22(32)29-24(35)36-19/h3-9,14,34H,10-13H2,1-2H3,(H,29,32,35)/b19-14-. The number of hydrogen-bond acceptors (Lipinski definition) is 9. The van der Waals surface area contributed by atoms with Gasteiger partial charge in [-0.15, -0.1) is 0 Å².